The van der Waals surface area contributed by atoms with Gasteiger partial charge in [-0.25, -0.2) is 0 Å². The molecular formula is C28H36ClN3O5S. The quantitative estimate of drug-likeness (QED) is 0.369. The summed E-state index contributed by atoms with van der Waals surface area (Å²) in [5.41, 5.74) is 2.14. The van der Waals surface area contributed by atoms with E-state index < -0.39 is 5.79 Å². The Kier molecular flexibility index (Phi) is 7.75. The molecule has 2 aromatic rings. The van der Waals surface area contributed by atoms with Crippen LogP contribution in [0.2, 0.25) is 5.02 Å². The van der Waals surface area contributed by atoms with Gasteiger partial charge < -0.3 is 30.2 Å². The Balaban J connectivity index is 1.26. The first kappa shape index (κ1) is 27.4. The van der Waals surface area contributed by atoms with Crippen LogP contribution in [0, 0.1) is 19.8 Å². The predicted molar refractivity (Wildman–Crippen MR) is 149 cm³/mol. The molecule has 0 saturated heterocycles. The zero-order valence-corrected chi connectivity index (χ0v) is 23.9. The number of hydrogen-bond acceptors (Lipinski definition) is 7. The van der Waals surface area contributed by atoms with Gasteiger partial charge >= 0.3 is 0 Å². The number of ether oxygens (including phenoxy) is 2. The Labute approximate surface area is 232 Å². The van der Waals surface area contributed by atoms with E-state index in [2.05, 4.69) is 15.6 Å². The van der Waals surface area contributed by atoms with Crippen molar-refractivity contribution in [3.63, 3.8) is 0 Å². The molecule has 2 fully saturated rings. The van der Waals surface area contributed by atoms with Crippen LogP contribution in [0.3, 0.4) is 0 Å². The van der Waals surface area contributed by atoms with Crippen molar-refractivity contribution in [2.45, 2.75) is 94.7 Å². The highest BCUT2D eigenvalue weighted by molar-refractivity contribution is 7.98. The molecule has 2 aliphatic carbocycles. The summed E-state index contributed by atoms with van der Waals surface area (Å²) in [7, 11) is 0. The number of halogens is 1. The highest BCUT2D eigenvalue weighted by Gasteiger charge is 2.47. The number of aromatic amines is 1. The largest absolute Gasteiger partial charge is 0.448 e. The highest BCUT2D eigenvalue weighted by atomic mass is 35.5. The van der Waals surface area contributed by atoms with Crippen molar-refractivity contribution in [3.8, 4) is 11.5 Å². The molecule has 0 spiro atoms. The third-order valence-electron chi connectivity index (χ3n) is 8.22. The summed E-state index contributed by atoms with van der Waals surface area (Å²) in [4.78, 5) is 29.3. The Morgan fingerprint density at radius 3 is 2.50 bits per heavy atom. The smallest absolute Gasteiger partial charge is 0.254 e. The van der Waals surface area contributed by atoms with Gasteiger partial charge in [-0.2, -0.15) is 0 Å². The molecule has 0 bridgehead atoms. The zero-order valence-electron chi connectivity index (χ0n) is 22.3. The zero-order chi connectivity index (χ0) is 27.2. The number of aliphatic hydroxyl groups is 1. The van der Waals surface area contributed by atoms with Crippen molar-refractivity contribution in [2.75, 3.05) is 6.26 Å². The van der Waals surface area contributed by atoms with E-state index in [4.69, 9.17) is 21.1 Å². The Bertz CT molecular complexity index is 1290. The first-order valence-electron chi connectivity index (χ1n) is 13.3. The van der Waals surface area contributed by atoms with Crippen molar-refractivity contribution in [1.82, 2.24) is 15.6 Å². The molecule has 2 saturated carbocycles. The number of thioether (sulfide) groups is 1. The van der Waals surface area contributed by atoms with Crippen LogP contribution in [-0.4, -0.2) is 46.2 Å². The van der Waals surface area contributed by atoms with Crippen molar-refractivity contribution in [2.24, 2.45) is 5.92 Å². The summed E-state index contributed by atoms with van der Waals surface area (Å²) in [6.45, 7) is 5.72. The van der Waals surface area contributed by atoms with Gasteiger partial charge in [0.1, 0.15) is 0 Å². The van der Waals surface area contributed by atoms with Crippen molar-refractivity contribution < 1.29 is 19.4 Å². The molecule has 5 rings (SSSR count). The van der Waals surface area contributed by atoms with Gasteiger partial charge in [0.2, 0.25) is 0 Å². The number of aromatic nitrogens is 1. The maximum Gasteiger partial charge on any atom is 0.254 e. The maximum atomic E-state index is 13.2. The minimum Gasteiger partial charge on any atom is -0.448 e. The number of hydrogen-bond donors (Lipinski definition) is 4. The molecule has 2 heterocycles. The molecule has 8 nitrogen and oxygen atoms in total. The normalized spacial score (nSPS) is 28.2. The van der Waals surface area contributed by atoms with E-state index in [0.717, 1.165) is 49.1 Å². The topological polar surface area (TPSA) is 113 Å². The predicted octanol–water partition coefficient (Wildman–Crippen LogP) is 4.46. The summed E-state index contributed by atoms with van der Waals surface area (Å²) in [5, 5.41) is 16.4. The lowest BCUT2D eigenvalue weighted by Gasteiger charge is -2.40. The van der Waals surface area contributed by atoms with Gasteiger partial charge in [-0.3, -0.25) is 9.59 Å². The van der Waals surface area contributed by atoms with E-state index in [1.54, 1.807) is 6.07 Å². The van der Waals surface area contributed by atoms with Gasteiger partial charge in [0.25, 0.3) is 17.3 Å². The van der Waals surface area contributed by atoms with Crippen LogP contribution >= 0.6 is 23.4 Å². The molecule has 1 aromatic carbocycles. The SMILES string of the molecule is CSc1cc(C)[nH]c(=O)c1CNC(=O)c1cc(Cl)c2c(c1C)O[C@@](C)([C@H]1CC[C@@H](N[C@H]3C[C@H](O)C3)CC1)O2. The third-order valence-corrected chi connectivity index (χ3v) is 9.31. The second-order valence-corrected chi connectivity index (χ2v) is 12.2. The van der Waals surface area contributed by atoms with Gasteiger partial charge in [-0.15, -0.1) is 11.8 Å². The summed E-state index contributed by atoms with van der Waals surface area (Å²) in [5.74, 6) is -0.0141. The molecule has 1 aliphatic heterocycles. The monoisotopic (exact) mass is 561 g/mol. The molecule has 0 unspecified atom stereocenters. The summed E-state index contributed by atoms with van der Waals surface area (Å²) in [6.07, 6.45) is 7.37. The third kappa shape index (κ3) is 5.30. The molecule has 1 atom stereocenters. The number of amides is 1. The second kappa shape index (κ2) is 10.8. The maximum absolute atomic E-state index is 13.2. The van der Waals surface area contributed by atoms with Crippen molar-refractivity contribution >= 4 is 29.3 Å². The standard InChI is InChI=1S/C28H36ClN3O5S/c1-14-9-23(38-4)21(27(35)31-14)13-30-26(34)20-12-22(29)25-24(15(20)2)36-28(3,37-25)16-5-7-17(8-6-16)32-18-10-19(33)11-18/h9,12,16-19,32-33H,5-8,10-11,13H2,1-4H3,(H,30,34)(H,31,35)/t16-,17+,18-,19-,28-/m1/s1. The van der Waals surface area contributed by atoms with Gasteiger partial charge in [-0.1, -0.05) is 11.6 Å². The first-order valence-corrected chi connectivity index (χ1v) is 14.9. The molecule has 3 aliphatic rings. The number of pyridine rings is 1. The van der Waals surface area contributed by atoms with Gasteiger partial charge in [-0.05, 0) is 70.8 Å². The van der Waals surface area contributed by atoms with Crippen LogP contribution < -0.4 is 25.7 Å². The van der Waals surface area contributed by atoms with Crippen LogP contribution in [0.1, 0.15) is 72.6 Å². The number of fused-ring (bicyclic) bond motifs is 1. The average Bonchev–Trinajstić information content (AvgIpc) is 3.24. The van der Waals surface area contributed by atoms with E-state index in [1.807, 2.05) is 33.1 Å². The van der Waals surface area contributed by atoms with Crippen LogP contribution in [0.5, 0.6) is 11.5 Å². The molecule has 1 aromatic heterocycles. The number of carbonyl (C=O) groups excluding carboxylic acids is 1. The number of nitrogens with one attached hydrogen (secondary N) is 3. The summed E-state index contributed by atoms with van der Waals surface area (Å²) in [6, 6.07) is 4.39. The van der Waals surface area contributed by atoms with E-state index >= 15 is 0 Å². The van der Waals surface area contributed by atoms with E-state index in [0.29, 0.717) is 45.3 Å². The number of carbonyl (C=O) groups is 1. The van der Waals surface area contributed by atoms with Gasteiger partial charge in [0.15, 0.2) is 11.5 Å². The fourth-order valence-electron chi connectivity index (χ4n) is 5.89. The average molecular weight is 562 g/mol. The summed E-state index contributed by atoms with van der Waals surface area (Å²) < 4.78 is 12.8. The minimum atomic E-state index is -0.855. The van der Waals surface area contributed by atoms with Crippen molar-refractivity contribution in [1.29, 1.82) is 0 Å². The van der Waals surface area contributed by atoms with Crippen LogP contribution in [0.15, 0.2) is 21.8 Å². The van der Waals surface area contributed by atoms with Crippen LogP contribution in [-0.2, 0) is 6.54 Å². The number of aliphatic hydroxyl groups excluding tert-OH is 1. The van der Waals surface area contributed by atoms with Gasteiger partial charge in [0.05, 0.1) is 11.1 Å². The van der Waals surface area contributed by atoms with Crippen LogP contribution in [0.25, 0.3) is 0 Å². The Morgan fingerprint density at radius 2 is 1.84 bits per heavy atom. The van der Waals surface area contributed by atoms with E-state index in [9.17, 15) is 14.7 Å². The lowest BCUT2D eigenvalue weighted by atomic mass is 9.80. The number of rotatable bonds is 7. The fourth-order valence-corrected chi connectivity index (χ4v) is 6.83. The number of aryl methyl sites for hydroxylation is 1. The summed E-state index contributed by atoms with van der Waals surface area (Å²) >= 11 is 8.08. The fraction of sp³-hybridized carbons (Fsp3) is 0.571. The highest BCUT2D eigenvalue weighted by Crippen LogP contribution is 2.51. The number of H-pyrrole nitrogens is 1. The van der Waals surface area contributed by atoms with Gasteiger partial charge in [0, 0.05) is 58.7 Å². The second-order valence-electron chi connectivity index (χ2n) is 11.0. The lowest BCUT2D eigenvalue weighted by molar-refractivity contribution is -0.121. The molecule has 10 heteroatoms. The molecule has 0 radical (unpaired) electrons. The minimum absolute atomic E-state index is 0.102. The molecular weight excluding hydrogens is 526 g/mol. The molecule has 4 N–H and O–H groups in total. The first-order chi connectivity index (χ1) is 18.1. The van der Waals surface area contributed by atoms with Crippen molar-refractivity contribution in [3.05, 3.63) is 49.9 Å². The van der Waals surface area contributed by atoms with E-state index in [1.165, 1.54) is 11.8 Å². The lowest BCUT2D eigenvalue weighted by Crippen LogP contribution is -2.51. The number of benzene rings is 1. The molecule has 38 heavy (non-hydrogen) atoms. The Morgan fingerprint density at radius 1 is 1.16 bits per heavy atom. The molecule has 206 valence electrons. The van der Waals surface area contributed by atoms with Crippen LogP contribution in [0.4, 0.5) is 0 Å². The van der Waals surface area contributed by atoms with E-state index in [-0.39, 0.29) is 30.0 Å². The Hall–Kier alpha value is -2.20. The molecule has 1 amide bonds.